The standard InChI is InChI=1S/C20H25N3O3/c1-12(2)11-23-18(15-4-5-15)17(10-21-23)19(24)22-16-8-6-14(7-9-16)13(3)20(25)26/h6-10,12-13,15H,4-5,11H2,1-3H3,(H,22,24)(H,25,26). The number of carboxylic acids is 1. The molecule has 1 aromatic carbocycles. The smallest absolute Gasteiger partial charge is 0.310 e. The van der Waals surface area contributed by atoms with Gasteiger partial charge in [0.1, 0.15) is 0 Å². The Kier molecular flexibility index (Phi) is 5.11. The van der Waals surface area contributed by atoms with E-state index >= 15 is 0 Å². The topological polar surface area (TPSA) is 84.2 Å². The molecule has 0 aliphatic heterocycles. The van der Waals surface area contributed by atoms with E-state index in [-0.39, 0.29) is 5.91 Å². The number of amides is 1. The molecule has 2 aromatic rings. The number of rotatable bonds is 7. The first-order valence-electron chi connectivity index (χ1n) is 9.06. The predicted molar refractivity (Wildman–Crippen MR) is 99.5 cm³/mol. The number of nitrogens with zero attached hydrogens (tertiary/aromatic N) is 2. The monoisotopic (exact) mass is 355 g/mol. The molecular weight excluding hydrogens is 330 g/mol. The van der Waals surface area contributed by atoms with Gasteiger partial charge in [-0.05, 0) is 43.4 Å². The zero-order valence-corrected chi connectivity index (χ0v) is 15.4. The Hall–Kier alpha value is -2.63. The fourth-order valence-electron chi connectivity index (χ4n) is 3.04. The molecule has 0 saturated heterocycles. The molecule has 1 unspecified atom stereocenters. The summed E-state index contributed by atoms with van der Waals surface area (Å²) in [6.45, 7) is 6.72. The highest BCUT2D eigenvalue weighted by atomic mass is 16.4. The zero-order valence-electron chi connectivity index (χ0n) is 15.4. The van der Waals surface area contributed by atoms with Crippen molar-refractivity contribution >= 4 is 17.6 Å². The van der Waals surface area contributed by atoms with E-state index in [9.17, 15) is 9.59 Å². The number of carbonyl (C=O) groups is 2. The maximum absolute atomic E-state index is 12.7. The van der Waals surface area contributed by atoms with Gasteiger partial charge >= 0.3 is 5.97 Å². The average Bonchev–Trinajstić information content (AvgIpc) is 3.35. The van der Waals surface area contributed by atoms with E-state index in [0.29, 0.717) is 28.7 Å². The summed E-state index contributed by atoms with van der Waals surface area (Å²) in [5.74, 6) is -0.715. The van der Waals surface area contributed by atoms with Crippen LogP contribution in [0.15, 0.2) is 30.5 Å². The lowest BCUT2D eigenvalue weighted by Crippen LogP contribution is -2.16. The highest BCUT2D eigenvalue weighted by Crippen LogP contribution is 2.42. The van der Waals surface area contributed by atoms with Crippen LogP contribution in [0, 0.1) is 5.92 Å². The third-order valence-electron chi connectivity index (χ3n) is 4.67. The van der Waals surface area contributed by atoms with Crippen molar-refractivity contribution in [1.29, 1.82) is 0 Å². The van der Waals surface area contributed by atoms with Gasteiger partial charge in [-0.2, -0.15) is 5.10 Å². The summed E-state index contributed by atoms with van der Waals surface area (Å²) in [7, 11) is 0. The van der Waals surface area contributed by atoms with Gasteiger partial charge in [0, 0.05) is 18.2 Å². The van der Waals surface area contributed by atoms with Crippen molar-refractivity contribution in [3.8, 4) is 0 Å². The number of carbonyl (C=O) groups excluding carboxylic acids is 1. The van der Waals surface area contributed by atoms with Crippen molar-refractivity contribution in [2.45, 2.75) is 52.0 Å². The van der Waals surface area contributed by atoms with Crippen molar-refractivity contribution in [2.75, 3.05) is 5.32 Å². The van der Waals surface area contributed by atoms with Crippen LogP contribution in [0.2, 0.25) is 0 Å². The van der Waals surface area contributed by atoms with E-state index in [4.69, 9.17) is 5.11 Å². The first-order valence-corrected chi connectivity index (χ1v) is 9.06. The summed E-state index contributed by atoms with van der Waals surface area (Å²) in [5.41, 5.74) is 3.03. The second-order valence-electron chi connectivity index (χ2n) is 7.43. The Bertz CT molecular complexity index is 804. The quantitative estimate of drug-likeness (QED) is 0.790. The van der Waals surface area contributed by atoms with E-state index in [1.807, 2.05) is 4.68 Å². The molecule has 0 spiro atoms. The number of nitrogens with one attached hydrogen (secondary N) is 1. The van der Waals surface area contributed by atoms with Gasteiger partial charge in [0.2, 0.25) is 0 Å². The van der Waals surface area contributed by atoms with Crippen LogP contribution in [-0.4, -0.2) is 26.8 Å². The molecule has 1 atom stereocenters. The van der Waals surface area contributed by atoms with Crippen LogP contribution in [-0.2, 0) is 11.3 Å². The van der Waals surface area contributed by atoms with E-state index in [1.54, 1.807) is 37.4 Å². The summed E-state index contributed by atoms with van der Waals surface area (Å²) < 4.78 is 1.97. The lowest BCUT2D eigenvalue weighted by molar-refractivity contribution is -0.138. The SMILES string of the molecule is CC(C)Cn1ncc(C(=O)Nc2ccc(C(C)C(=O)O)cc2)c1C1CC1. The molecule has 1 aromatic heterocycles. The van der Waals surface area contributed by atoms with Crippen LogP contribution in [0.25, 0.3) is 0 Å². The molecule has 3 rings (SSSR count). The summed E-state index contributed by atoms with van der Waals surface area (Å²) in [4.78, 5) is 23.8. The molecule has 2 N–H and O–H groups in total. The van der Waals surface area contributed by atoms with Crippen LogP contribution in [0.1, 0.15) is 67.1 Å². The van der Waals surface area contributed by atoms with Crippen molar-refractivity contribution in [1.82, 2.24) is 9.78 Å². The highest BCUT2D eigenvalue weighted by molar-refractivity contribution is 6.05. The number of aliphatic carboxylic acids is 1. The first kappa shape index (κ1) is 18.2. The molecule has 1 aliphatic carbocycles. The Morgan fingerprint density at radius 1 is 1.23 bits per heavy atom. The third-order valence-corrected chi connectivity index (χ3v) is 4.67. The Balaban J connectivity index is 1.76. The number of benzene rings is 1. The molecule has 0 bridgehead atoms. The Morgan fingerprint density at radius 3 is 2.42 bits per heavy atom. The fourth-order valence-corrected chi connectivity index (χ4v) is 3.04. The van der Waals surface area contributed by atoms with Crippen molar-refractivity contribution in [3.63, 3.8) is 0 Å². The molecule has 6 nitrogen and oxygen atoms in total. The van der Waals surface area contributed by atoms with Crippen molar-refractivity contribution in [2.24, 2.45) is 5.92 Å². The molecule has 1 amide bonds. The summed E-state index contributed by atoms with van der Waals surface area (Å²) in [6, 6.07) is 6.95. The second-order valence-corrected chi connectivity index (χ2v) is 7.43. The zero-order chi connectivity index (χ0) is 18.8. The van der Waals surface area contributed by atoms with Gasteiger partial charge in [-0.3, -0.25) is 14.3 Å². The van der Waals surface area contributed by atoms with E-state index in [0.717, 1.165) is 25.1 Å². The number of carboxylic acid groups (broad SMARTS) is 1. The maximum atomic E-state index is 12.7. The maximum Gasteiger partial charge on any atom is 0.310 e. The van der Waals surface area contributed by atoms with Gasteiger partial charge < -0.3 is 10.4 Å². The van der Waals surface area contributed by atoms with Gasteiger partial charge in [-0.15, -0.1) is 0 Å². The van der Waals surface area contributed by atoms with Gasteiger partial charge in [-0.25, -0.2) is 0 Å². The molecule has 0 radical (unpaired) electrons. The third kappa shape index (κ3) is 3.95. The Morgan fingerprint density at radius 2 is 1.88 bits per heavy atom. The predicted octanol–water partition coefficient (Wildman–Crippen LogP) is 3.86. The summed E-state index contributed by atoms with van der Waals surface area (Å²) in [5, 5.41) is 16.4. The lowest BCUT2D eigenvalue weighted by Gasteiger charge is -2.12. The van der Waals surface area contributed by atoms with Crippen LogP contribution in [0.4, 0.5) is 5.69 Å². The van der Waals surface area contributed by atoms with Crippen LogP contribution >= 0.6 is 0 Å². The summed E-state index contributed by atoms with van der Waals surface area (Å²) >= 11 is 0. The van der Waals surface area contributed by atoms with Crippen molar-refractivity contribution in [3.05, 3.63) is 47.3 Å². The van der Waals surface area contributed by atoms with Crippen LogP contribution in [0.5, 0.6) is 0 Å². The fraction of sp³-hybridized carbons (Fsp3) is 0.450. The van der Waals surface area contributed by atoms with Gasteiger partial charge in [0.05, 0.1) is 23.4 Å². The molecule has 1 aliphatic rings. The Labute approximate surface area is 153 Å². The number of aromatic nitrogens is 2. The number of hydrogen-bond acceptors (Lipinski definition) is 3. The molecule has 1 heterocycles. The van der Waals surface area contributed by atoms with Gasteiger partial charge in [-0.1, -0.05) is 26.0 Å². The molecule has 138 valence electrons. The normalized spacial score (nSPS) is 15.1. The van der Waals surface area contributed by atoms with E-state index in [1.165, 1.54) is 0 Å². The molecule has 6 heteroatoms. The minimum absolute atomic E-state index is 0.166. The highest BCUT2D eigenvalue weighted by Gasteiger charge is 2.32. The lowest BCUT2D eigenvalue weighted by atomic mass is 10.0. The minimum Gasteiger partial charge on any atom is -0.481 e. The van der Waals surface area contributed by atoms with Gasteiger partial charge in [0.25, 0.3) is 5.91 Å². The van der Waals surface area contributed by atoms with Gasteiger partial charge in [0.15, 0.2) is 0 Å². The summed E-state index contributed by atoms with van der Waals surface area (Å²) in [6.07, 6.45) is 3.87. The number of anilines is 1. The number of hydrogen-bond donors (Lipinski definition) is 2. The van der Waals surface area contributed by atoms with Crippen LogP contribution < -0.4 is 5.32 Å². The minimum atomic E-state index is -0.867. The molecular formula is C20H25N3O3. The first-order chi connectivity index (χ1) is 12.4. The molecule has 1 fully saturated rings. The molecule has 26 heavy (non-hydrogen) atoms. The second kappa shape index (κ2) is 7.32. The van der Waals surface area contributed by atoms with Crippen LogP contribution in [0.3, 0.4) is 0 Å². The largest absolute Gasteiger partial charge is 0.481 e. The average molecular weight is 355 g/mol. The molecule has 1 saturated carbocycles. The van der Waals surface area contributed by atoms with Crippen molar-refractivity contribution < 1.29 is 14.7 Å². The van der Waals surface area contributed by atoms with E-state index in [2.05, 4.69) is 24.3 Å². The van der Waals surface area contributed by atoms with E-state index < -0.39 is 11.9 Å².